The second kappa shape index (κ2) is 9.60. The number of nitrogens with one attached hydrogen (secondary N) is 1. The van der Waals surface area contributed by atoms with Crippen molar-refractivity contribution in [3.8, 4) is 11.3 Å². The lowest BCUT2D eigenvalue weighted by molar-refractivity contribution is 0.0700. The predicted octanol–water partition coefficient (Wildman–Crippen LogP) is 4.92. The van der Waals surface area contributed by atoms with E-state index < -0.39 is 0 Å². The molecule has 8 nitrogen and oxygen atoms in total. The molecule has 0 atom stereocenters. The van der Waals surface area contributed by atoms with Crippen molar-refractivity contribution < 1.29 is 14.0 Å². The van der Waals surface area contributed by atoms with Crippen LogP contribution in [0.4, 0.5) is 0 Å². The number of fused-ring (bicyclic) bond motifs is 1. The SMILES string of the molecule is Cc1cc(-c2cc(C(=O)N3CCC(NC(=O)c4ccccc4)CC3)c3cnn(C(C)C)c3n2)c(C)o1. The molecular weight excluding hydrogens is 454 g/mol. The molecule has 4 heterocycles. The van der Waals surface area contributed by atoms with Gasteiger partial charge in [-0.25, -0.2) is 9.67 Å². The highest BCUT2D eigenvalue weighted by Crippen LogP contribution is 2.31. The molecule has 1 N–H and O–H groups in total. The maximum absolute atomic E-state index is 13.8. The van der Waals surface area contributed by atoms with Crippen molar-refractivity contribution >= 4 is 22.8 Å². The molecule has 1 fully saturated rings. The molecule has 0 saturated carbocycles. The first-order chi connectivity index (χ1) is 17.3. The van der Waals surface area contributed by atoms with E-state index in [1.807, 2.05) is 67.6 Å². The van der Waals surface area contributed by atoms with Crippen molar-refractivity contribution in [2.45, 2.75) is 52.6 Å². The molecule has 0 radical (unpaired) electrons. The molecule has 186 valence electrons. The molecule has 1 aliphatic rings. The number of aromatic nitrogens is 3. The largest absolute Gasteiger partial charge is 0.466 e. The Bertz CT molecular complexity index is 1410. The summed E-state index contributed by atoms with van der Waals surface area (Å²) in [6.45, 7) is 9.04. The Balaban J connectivity index is 1.39. The highest BCUT2D eigenvalue weighted by atomic mass is 16.3. The Kier molecular flexibility index (Phi) is 6.35. The van der Waals surface area contributed by atoms with Gasteiger partial charge in [-0.3, -0.25) is 9.59 Å². The Morgan fingerprint density at radius 2 is 1.81 bits per heavy atom. The Labute approximate surface area is 210 Å². The molecule has 36 heavy (non-hydrogen) atoms. The normalized spacial score (nSPS) is 14.5. The van der Waals surface area contributed by atoms with Crippen molar-refractivity contribution in [2.75, 3.05) is 13.1 Å². The fourth-order valence-corrected chi connectivity index (χ4v) is 4.85. The summed E-state index contributed by atoms with van der Waals surface area (Å²) in [5, 5.41) is 8.38. The van der Waals surface area contributed by atoms with Gasteiger partial charge in [-0.1, -0.05) is 18.2 Å². The number of piperidine rings is 1. The van der Waals surface area contributed by atoms with E-state index in [0.29, 0.717) is 48.4 Å². The number of benzene rings is 1. The number of pyridine rings is 1. The molecule has 0 bridgehead atoms. The maximum atomic E-state index is 13.8. The number of carbonyl (C=O) groups is 2. The molecule has 0 unspecified atom stereocenters. The molecule has 1 aromatic carbocycles. The Morgan fingerprint density at radius 3 is 2.44 bits per heavy atom. The molecule has 3 aromatic heterocycles. The van der Waals surface area contributed by atoms with Crippen molar-refractivity contribution in [1.82, 2.24) is 25.0 Å². The second-order valence-electron chi connectivity index (χ2n) is 9.71. The van der Waals surface area contributed by atoms with Crippen molar-refractivity contribution in [3.05, 3.63) is 71.3 Å². The molecule has 2 amide bonds. The number of furan rings is 1. The third-order valence-corrected chi connectivity index (χ3v) is 6.76. The first-order valence-electron chi connectivity index (χ1n) is 12.4. The minimum absolute atomic E-state index is 0.0371. The van der Waals surface area contributed by atoms with E-state index in [1.165, 1.54) is 0 Å². The molecule has 0 aliphatic carbocycles. The number of nitrogens with zero attached hydrogens (tertiary/aromatic N) is 4. The highest BCUT2D eigenvalue weighted by molar-refractivity contribution is 6.06. The molecule has 5 rings (SSSR count). The summed E-state index contributed by atoms with van der Waals surface area (Å²) >= 11 is 0. The van der Waals surface area contributed by atoms with Crippen LogP contribution in [0.5, 0.6) is 0 Å². The summed E-state index contributed by atoms with van der Waals surface area (Å²) in [4.78, 5) is 33.1. The van der Waals surface area contributed by atoms with Gasteiger partial charge < -0.3 is 14.6 Å². The van der Waals surface area contributed by atoms with Crippen LogP contribution in [-0.2, 0) is 0 Å². The third-order valence-electron chi connectivity index (χ3n) is 6.76. The van der Waals surface area contributed by atoms with Crippen LogP contribution in [-0.4, -0.2) is 50.6 Å². The molecule has 1 saturated heterocycles. The minimum atomic E-state index is -0.0762. The average molecular weight is 486 g/mol. The lowest BCUT2D eigenvalue weighted by Gasteiger charge is -2.32. The number of aryl methyl sites for hydroxylation is 2. The van der Waals surface area contributed by atoms with Crippen molar-refractivity contribution in [3.63, 3.8) is 0 Å². The Morgan fingerprint density at radius 1 is 1.08 bits per heavy atom. The number of carbonyl (C=O) groups excluding carboxylic acids is 2. The first kappa shape index (κ1) is 23.8. The van der Waals surface area contributed by atoms with Crippen LogP contribution in [0.15, 0.2) is 53.1 Å². The average Bonchev–Trinajstić information content (AvgIpc) is 3.46. The summed E-state index contributed by atoms with van der Waals surface area (Å²) in [7, 11) is 0. The van der Waals surface area contributed by atoms with Gasteiger partial charge in [-0.05, 0) is 64.8 Å². The van der Waals surface area contributed by atoms with Gasteiger partial charge in [0.05, 0.1) is 22.8 Å². The van der Waals surface area contributed by atoms with E-state index in [9.17, 15) is 9.59 Å². The zero-order valence-corrected chi connectivity index (χ0v) is 21.1. The smallest absolute Gasteiger partial charge is 0.254 e. The van der Waals surface area contributed by atoms with E-state index in [-0.39, 0.29) is 23.9 Å². The van der Waals surface area contributed by atoms with Crippen molar-refractivity contribution in [2.24, 2.45) is 0 Å². The summed E-state index contributed by atoms with van der Waals surface area (Å²) in [5.41, 5.74) is 3.51. The zero-order valence-electron chi connectivity index (χ0n) is 21.1. The van der Waals surface area contributed by atoms with Crippen LogP contribution < -0.4 is 5.32 Å². The summed E-state index contributed by atoms with van der Waals surface area (Å²) < 4.78 is 7.59. The summed E-state index contributed by atoms with van der Waals surface area (Å²) in [6.07, 6.45) is 3.15. The number of hydrogen-bond acceptors (Lipinski definition) is 5. The van der Waals surface area contributed by atoms with Gasteiger partial charge in [0, 0.05) is 36.3 Å². The van der Waals surface area contributed by atoms with E-state index in [0.717, 1.165) is 22.5 Å². The highest BCUT2D eigenvalue weighted by Gasteiger charge is 2.28. The van der Waals surface area contributed by atoms with Gasteiger partial charge in [0.15, 0.2) is 5.65 Å². The monoisotopic (exact) mass is 485 g/mol. The van der Waals surface area contributed by atoms with Crippen LogP contribution in [0.3, 0.4) is 0 Å². The third kappa shape index (κ3) is 4.51. The van der Waals surface area contributed by atoms with Gasteiger partial charge in [0.2, 0.25) is 0 Å². The lowest BCUT2D eigenvalue weighted by atomic mass is 10.0. The van der Waals surface area contributed by atoms with E-state index >= 15 is 0 Å². The maximum Gasteiger partial charge on any atom is 0.254 e. The van der Waals surface area contributed by atoms with Crippen LogP contribution in [0, 0.1) is 13.8 Å². The minimum Gasteiger partial charge on any atom is -0.466 e. The Hall–Kier alpha value is -3.94. The van der Waals surface area contributed by atoms with Gasteiger partial charge >= 0.3 is 0 Å². The number of rotatable bonds is 5. The predicted molar refractivity (Wildman–Crippen MR) is 138 cm³/mol. The summed E-state index contributed by atoms with van der Waals surface area (Å²) in [5.74, 6) is 1.45. The fraction of sp³-hybridized carbons (Fsp3) is 0.357. The molecule has 4 aromatic rings. The quantitative estimate of drug-likeness (QED) is 0.433. The van der Waals surface area contributed by atoms with Gasteiger partial charge in [0.1, 0.15) is 11.5 Å². The van der Waals surface area contributed by atoms with E-state index in [2.05, 4.69) is 10.4 Å². The van der Waals surface area contributed by atoms with Gasteiger partial charge in [-0.15, -0.1) is 0 Å². The first-order valence-corrected chi connectivity index (χ1v) is 12.4. The van der Waals surface area contributed by atoms with Crippen molar-refractivity contribution in [1.29, 1.82) is 0 Å². The van der Waals surface area contributed by atoms with Crippen LogP contribution in [0.1, 0.15) is 65.0 Å². The lowest BCUT2D eigenvalue weighted by Crippen LogP contribution is -2.46. The van der Waals surface area contributed by atoms with Crippen LogP contribution in [0.25, 0.3) is 22.3 Å². The zero-order chi connectivity index (χ0) is 25.4. The topological polar surface area (TPSA) is 93.3 Å². The molecule has 0 spiro atoms. The van der Waals surface area contributed by atoms with Crippen LogP contribution >= 0.6 is 0 Å². The van der Waals surface area contributed by atoms with Gasteiger partial charge in [0.25, 0.3) is 11.8 Å². The number of amides is 2. The fourth-order valence-electron chi connectivity index (χ4n) is 4.85. The van der Waals surface area contributed by atoms with Gasteiger partial charge in [-0.2, -0.15) is 5.10 Å². The summed E-state index contributed by atoms with van der Waals surface area (Å²) in [6, 6.07) is 13.2. The van der Waals surface area contributed by atoms with E-state index in [4.69, 9.17) is 9.40 Å². The van der Waals surface area contributed by atoms with E-state index in [1.54, 1.807) is 18.3 Å². The number of likely N-dealkylation sites (tertiary alicyclic amines) is 1. The molecule has 8 heteroatoms. The number of hydrogen-bond donors (Lipinski definition) is 1. The molecule has 1 aliphatic heterocycles. The van der Waals surface area contributed by atoms with Crippen LogP contribution in [0.2, 0.25) is 0 Å². The second-order valence-corrected chi connectivity index (χ2v) is 9.71. The molecular formula is C28H31N5O3. The standard InChI is InChI=1S/C28H31N5O3/c1-17(2)33-26-24(16-29-33)23(15-25(31-26)22-14-18(3)36-19(22)4)28(35)32-12-10-21(11-13-32)30-27(34)20-8-6-5-7-9-20/h5-9,14-17,21H,10-13H2,1-4H3,(H,30,34).